The Kier molecular flexibility index (Phi) is 5.88. The summed E-state index contributed by atoms with van der Waals surface area (Å²) in [6.07, 6.45) is 1.43. The van der Waals surface area contributed by atoms with Gasteiger partial charge < -0.3 is 9.73 Å². The summed E-state index contributed by atoms with van der Waals surface area (Å²) >= 11 is 7.35. The molecule has 2 amide bonds. The van der Waals surface area contributed by atoms with Gasteiger partial charge in [0.2, 0.25) is 0 Å². The highest BCUT2D eigenvalue weighted by atomic mass is 35.5. The molecule has 0 atom stereocenters. The maximum Gasteiger partial charge on any atom is 0.291 e. The smallest absolute Gasteiger partial charge is 0.291 e. The van der Waals surface area contributed by atoms with Crippen molar-refractivity contribution in [2.24, 2.45) is 0 Å². The Morgan fingerprint density at radius 3 is 2.48 bits per heavy atom. The molecule has 0 saturated carbocycles. The van der Waals surface area contributed by atoms with Crippen molar-refractivity contribution >= 4 is 45.6 Å². The first-order valence-electron chi connectivity index (χ1n) is 9.41. The minimum Gasteiger partial charge on any atom is -0.459 e. The highest BCUT2D eigenvalue weighted by Gasteiger charge is 2.16. The molecule has 0 bridgehead atoms. The van der Waals surface area contributed by atoms with E-state index < -0.39 is 0 Å². The van der Waals surface area contributed by atoms with Gasteiger partial charge in [0.25, 0.3) is 11.8 Å². The van der Waals surface area contributed by atoms with Crippen LogP contribution in [0.15, 0.2) is 65.3 Å². The quantitative estimate of drug-likeness (QED) is 0.379. The molecule has 0 aliphatic heterocycles. The second-order valence-corrected chi connectivity index (χ2v) is 8.49. The summed E-state index contributed by atoms with van der Waals surface area (Å²) in [5, 5.41) is 6.76. The molecule has 0 radical (unpaired) electrons. The molecule has 0 fully saturated rings. The lowest BCUT2D eigenvalue weighted by Gasteiger charge is -2.09. The Morgan fingerprint density at radius 2 is 1.77 bits per heavy atom. The molecule has 156 valence electrons. The van der Waals surface area contributed by atoms with Gasteiger partial charge in [0.1, 0.15) is 0 Å². The summed E-state index contributed by atoms with van der Waals surface area (Å²) in [5.41, 5.74) is 3.49. The Morgan fingerprint density at radius 1 is 1.00 bits per heavy atom. The molecule has 0 aliphatic rings. The number of carbonyl (C=O) groups excluding carboxylic acids is 2. The van der Waals surface area contributed by atoms with Gasteiger partial charge in [-0.1, -0.05) is 29.8 Å². The van der Waals surface area contributed by atoms with Gasteiger partial charge in [0.05, 0.1) is 12.0 Å². The molecule has 31 heavy (non-hydrogen) atoms. The molecule has 2 aromatic carbocycles. The summed E-state index contributed by atoms with van der Waals surface area (Å²) in [4.78, 5) is 30.6. The molecule has 4 rings (SSSR count). The number of anilines is 2. The first kappa shape index (κ1) is 20.8. The van der Waals surface area contributed by atoms with Crippen LogP contribution in [0.1, 0.15) is 31.4 Å². The normalized spacial score (nSPS) is 10.7. The maximum atomic E-state index is 12.8. The third kappa shape index (κ3) is 4.68. The highest BCUT2D eigenvalue weighted by molar-refractivity contribution is 7.16. The molecule has 0 saturated heterocycles. The molecule has 0 aliphatic carbocycles. The zero-order chi connectivity index (χ0) is 22.0. The van der Waals surface area contributed by atoms with Crippen LogP contribution in [0.4, 0.5) is 10.8 Å². The summed E-state index contributed by atoms with van der Waals surface area (Å²) < 4.78 is 5.12. The number of nitrogens with zero attached hydrogens (tertiary/aromatic N) is 1. The zero-order valence-corrected chi connectivity index (χ0v) is 18.3. The third-order valence-corrected chi connectivity index (χ3v) is 5.77. The fourth-order valence-electron chi connectivity index (χ4n) is 2.98. The Hall–Kier alpha value is -3.42. The van der Waals surface area contributed by atoms with Crippen molar-refractivity contribution in [1.29, 1.82) is 0 Å². The molecule has 2 heterocycles. The predicted molar refractivity (Wildman–Crippen MR) is 123 cm³/mol. The van der Waals surface area contributed by atoms with E-state index in [1.807, 2.05) is 26.0 Å². The van der Waals surface area contributed by atoms with E-state index in [0.29, 0.717) is 21.4 Å². The van der Waals surface area contributed by atoms with E-state index in [1.165, 1.54) is 17.6 Å². The lowest BCUT2D eigenvalue weighted by molar-refractivity contribution is 0.0993. The monoisotopic (exact) mass is 451 g/mol. The van der Waals surface area contributed by atoms with E-state index in [4.69, 9.17) is 16.0 Å². The number of halogens is 1. The van der Waals surface area contributed by atoms with Gasteiger partial charge in [-0.3, -0.25) is 14.9 Å². The van der Waals surface area contributed by atoms with Gasteiger partial charge in [-0.15, -0.1) is 11.3 Å². The number of hydrogen-bond donors (Lipinski definition) is 2. The Bertz CT molecular complexity index is 1250. The number of thiazole rings is 1. The molecule has 8 heteroatoms. The topological polar surface area (TPSA) is 84.2 Å². The summed E-state index contributed by atoms with van der Waals surface area (Å²) in [5.74, 6) is -0.499. The molecule has 2 aromatic heterocycles. The van der Waals surface area contributed by atoms with Crippen LogP contribution >= 0.6 is 22.9 Å². The van der Waals surface area contributed by atoms with Gasteiger partial charge in [0, 0.05) is 26.7 Å². The van der Waals surface area contributed by atoms with Crippen LogP contribution in [0, 0.1) is 13.8 Å². The zero-order valence-electron chi connectivity index (χ0n) is 16.7. The van der Waals surface area contributed by atoms with Crippen molar-refractivity contribution in [3.63, 3.8) is 0 Å². The number of carbonyl (C=O) groups is 2. The fraction of sp³-hybridized carbons (Fsp3) is 0.0870. The van der Waals surface area contributed by atoms with E-state index in [-0.39, 0.29) is 17.6 Å². The van der Waals surface area contributed by atoms with Gasteiger partial charge in [0.15, 0.2) is 10.9 Å². The highest BCUT2D eigenvalue weighted by Crippen LogP contribution is 2.31. The van der Waals surface area contributed by atoms with Crippen LogP contribution in [0.2, 0.25) is 5.02 Å². The summed E-state index contributed by atoms with van der Waals surface area (Å²) in [7, 11) is 0. The Labute approximate surface area is 187 Å². The number of rotatable bonds is 5. The molecular weight excluding hydrogens is 434 g/mol. The first-order valence-corrected chi connectivity index (χ1v) is 10.6. The molecule has 6 nitrogen and oxygen atoms in total. The standard InChI is InChI=1S/C23H18ClN3O3S/c1-13-5-6-16(12-18(13)25-22(29)19-4-3-11-30-19)21(28)27-23-26-20(14(2)31-23)15-7-9-17(24)10-8-15/h3-12H,1-2H3,(H,25,29)(H,26,27,28). The van der Waals surface area contributed by atoms with Crippen LogP contribution in [0.25, 0.3) is 11.3 Å². The minimum atomic E-state index is -0.381. The van der Waals surface area contributed by atoms with Gasteiger partial charge in [-0.2, -0.15) is 0 Å². The fourth-order valence-corrected chi connectivity index (χ4v) is 3.94. The van der Waals surface area contributed by atoms with Gasteiger partial charge in [-0.25, -0.2) is 4.98 Å². The lowest BCUT2D eigenvalue weighted by atomic mass is 10.1. The molecular formula is C23H18ClN3O3S. The molecule has 0 spiro atoms. The second-order valence-electron chi connectivity index (χ2n) is 6.85. The number of nitrogens with one attached hydrogen (secondary N) is 2. The molecule has 2 N–H and O–H groups in total. The number of aryl methyl sites for hydroxylation is 2. The average molecular weight is 452 g/mol. The summed E-state index contributed by atoms with van der Waals surface area (Å²) in [6.45, 7) is 3.80. The molecule has 0 unspecified atom stereocenters. The van der Waals surface area contributed by atoms with E-state index >= 15 is 0 Å². The number of aromatic nitrogens is 1. The average Bonchev–Trinajstić information content (AvgIpc) is 3.40. The van der Waals surface area contributed by atoms with Crippen molar-refractivity contribution in [3.8, 4) is 11.3 Å². The summed E-state index contributed by atoms with van der Waals surface area (Å²) in [6, 6.07) is 15.7. The molecule has 4 aromatic rings. The maximum absolute atomic E-state index is 12.8. The van der Waals surface area contributed by atoms with E-state index in [9.17, 15) is 9.59 Å². The van der Waals surface area contributed by atoms with Crippen molar-refractivity contribution < 1.29 is 14.0 Å². The second kappa shape index (κ2) is 8.75. The number of benzene rings is 2. The first-order chi connectivity index (χ1) is 14.9. The number of furan rings is 1. The van der Waals surface area contributed by atoms with E-state index in [0.717, 1.165) is 21.7 Å². The Balaban J connectivity index is 1.52. The van der Waals surface area contributed by atoms with Crippen LogP contribution in [0.3, 0.4) is 0 Å². The van der Waals surface area contributed by atoms with Crippen molar-refractivity contribution in [3.05, 3.63) is 87.6 Å². The van der Waals surface area contributed by atoms with Crippen LogP contribution in [-0.4, -0.2) is 16.8 Å². The number of amides is 2. The lowest BCUT2D eigenvalue weighted by Crippen LogP contribution is -2.15. The van der Waals surface area contributed by atoms with Crippen LogP contribution < -0.4 is 10.6 Å². The van der Waals surface area contributed by atoms with E-state index in [2.05, 4.69) is 15.6 Å². The number of hydrogen-bond acceptors (Lipinski definition) is 5. The third-order valence-electron chi connectivity index (χ3n) is 4.63. The van der Waals surface area contributed by atoms with Gasteiger partial charge in [-0.05, 0) is 55.8 Å². The minimum absolute atomic E-state index is 0.197. The van der Waals surface area contributed by atoms with Crippen LogP contribution in [0.5, 0.6) is 0 Å². The van der Waals surface area contributed by atoms with Crippen LogP contribution in [-0.2, 0) is 0 Å². The SMILES string of the molecule is Cc1ccc(C(=O)Nc2nc(-c3ccc(Cl)cc3)c(C)s2)cc1NC(=O)c1ccco1. The largest absolute Gasteiger partial charge is 0.459 e. The van der Waals surface area contributed by atoms with Gasteiger partial charge >= 0.3 is 0 Å². The van der Waals surface area contributed by atoms with Crippen molar-refractivity contribution in [2.75, 3.05) is 10.6 Å². The predicted octanol–water partition coefficient (Wildman–Crippen LogP) is 6.18. The van der Waals surface area contributed by atoms with Crippen molar-refractivity contribution in [1.82, 2.24) is 4.98 Å². The van der Waals surface area contributed by atoms with E-state index in [1.54, 1.807) is 42.5 Å². The van der Waals surface area contributed by atoms with Crippen molar-refractivity contribution in [2.45, 2.75) is 13.8 Å².